The lowest BCUT2D eigenvalue weighted by Crippen LogP contribution is -2.37. The Morgan fingerprint density at radius 1 is 0.857 bits per heavy atom. The molecule has 2 aromatic carbocycles. The predicted molar refractivity (Wildman–Crippen MR) is 138 cm³/mol. The number of hydrogen-bond acceptors (Lipinski definition) is 6. The van der Waals surface area contributed by atoms with Crippen LogP contribution in [0.3, 0.4) is 0 Å². The molecule has 0 saturated carbocycles. The predicted octanol–water partition coefficient (Wildman–Crippen LogP) is 4.31. The van der Waals surface area contributed by atoms with E-state index in [1.165, 1.54) is 19.3 Å². The number of likely N-dealkylation sites (tertiary alicyclic amines) is 1. The number of amides is 2. The third kappa shape index (κ3) is 6.64. The van der Waals surface area contributed by atoms with Crippen LogP contribution in [-0.2, 0) is 0 Å². The third-order valence-corrected chi connectivity index (χ3v) is 6.18. The second-order valence-electron chi connectivity index (χ2n) is 8.88. The van der Waals surface area contributed by atoms with Crippen molar-refractivity contribution in [2.75, 3.05) is 36.8 Å². The van der Waals surface area contributed by atoms with E-state index in [-0.39, 0.29) is 11.8 Å². The van der Waals surface area contributed by atoms with Crippen LogP contribution in [0.25, 0.3) is 0 Å². The minimum absolute atomic E-state index is 0.0752. The van der Waals surface area contributed by atoms with Gasteiger partial charge in [0.1, 0.15) is 0 Å². The molecule has 1 fully saturated rings. The average molecular weight is 473 g/mol. The highest BCUT2D eigenvalue weighted by Gasteiger charge is 2.13. The Morgan fingerprint density at radius 2 is 1.51 bits per heavy atom. The van der Waals surface area contributed by atoms with E-state index in [9.17, 15) is 9.59 Å². The number of aryl methyl sites for hydroxylation is 2. The van der Waals surface area contributed by atoms with Crippen LogP contribution in [0.4, 0.5) is 17.3 Å². The van der Waals surface area contributed by atoms with Crippen molar-refractivity contribution in [1.29, 1.82) is 0 Å². The zero-order valence-electron chi connectivity index (χ0n) is 20.3. The number of hydrogen-bond donors (Lipinski definition) is 3. The zero-order chi connectivity index (χ0) is 24.6. The molecule has 8 nitrogen and oxygen atoms in total. The van der Waals surface area contributed by atoms with E-state index in [1.54, 1.807) is 24.5 Å². The van der Waals surface area contributed by atoms with Gasteiger partial charge in [0, 0.05) is 29.9 Å². The van der Waals surface area contributed by atoms with Gasteiger partial charge in [0.2, 0.25) is 5.95 Å². The normalized spacial score (nSPS) is 13.8. The Bertz CT molecular complexity index is 1140. The molecule has 2 amide bonds. The number of aromatic nitrogens is 2. The van der Waals surface area contributed by atoms with Crippen molar-refractivity contribution < 1.29 is 9.59 Å². The summed E-state index contributed by atoms with van der Waals surface area (Å²) in [5, 5.41) is 8.96. The van der Waals surface area contributed by atoms with E-state index >= 15 is 0 Å². The number of carbonyl (C=O) groups excluding carboxylic acids is 2. The summed E-state index contributed by atoms with van der Waals surface area (Å²) < 4.78 is 0. The van der Waals surface area contributed by atoms with E-state index in [2.05, 4.69) is 30.8 Å². The van der Waals surface area contributed by atoms with Gasteiger partial charge >= 0.3 is 0 Å². The summed E-state index contributed by atoms with van der Waals surface area (Å²) in [5.41, 5.74) is 4.38. The molecule has 3 aromatic rings. The molecule has 0 bridgehead atoms. The summed E-state index contributed by atoms with van der Waals surface area (Å²) in [6, 6.07) is 12.9. The lowest BCUT2D eigenvalue weighted by Gasteiger charge is -2.26. The molecule has 1 aliphatic heterocycles. The Balaban J connectivity index is 1.27. The fourth-order valence-corrected chi connectivity index (χ4v) is 4.27. The van der Waals surface area contributed by atoms with Gasteiger partial charge in [0.25, 0.3) is 11.8 Å². The highest BCUT2D eigenvalue weighted by molar-refractivity contribution is 6.06. The van der Waals surface area contributed by atoms with Crippen LogP contribution in [0.5, 0.6) is 0 Å². The molecular weight excluding hydrogens is 440 g/mol. The number of benzene rings is 2. The molecule has 0 atom stereocenters. The van der Waals surface area contributed by atoms with E-state index in [1.807, 2.05) is 44.2 Å². The summed E-state index contributed by atoms with van der Waals surface area (Å²) in [7, 11) is 0. The summed E-state index contributed by atoms with van der Waals surface area (Å²) in [6.45, 7) is 7.62. The molecule has 35 heavy (non-hydrogen) atoms. The van der Waals surface area contributed by atoms with E-state index in [0.29, 0.717) is 29.3 Å². The molecule has 182 valence electrons. The first kappa shape index (κ1) is 24.3. The first-order valence-electron chi connectivity index (χ1n) is 12.1. The summed E-state index contributed by atoms with van der Waals surface area (Å²) in [6.07, 6.45) is 6.92. The minimum Gasteiger partial charge on any atom is -0.351 e. The number of rotatable bonds is 8. The number of nitrogens with zero attached hydrogens (tertiary/aromatic N) is 3. The minimum atomic E-state index is -0.185. The molecule has 1 aliphatic rings. The summed E-state index contributed by atoms with van der Waals surface area (Å²) >= 11 is 0. The molecule has 2 heterocycles. The van der Waals surface area contributed by atoms with Crippen LogP contribution in [0.1, 0.15) is 51.1 Å². The molecule has 1 saturated heterocycles. The maximum absolute atomic E-state index is 12.6. The zero-order valence-corrected chi connectivity index (χ0v) is 20.3. The number of carbonyl (C=O) groups is 2. The molecule has 1 aromatic heterocycles. The first-order valence-corrected chi connectivity index (χ1v) is 12.1. The van der Waals surface area contributed by atoms with Gasteiger partial charge in [0.15, 0.2) is 0 Å². The number of nitrogens with one attached hydrogen (secondary N) is 3. The average Bonchev–Trinajstić information content (AvgIpc) is 2.86. The summed E-state index contributed by atoms with van der Waals surface area (Å²) in [4.78, 5) is 36.0. The van der Waals surface area contributed by atoms with Crippen molar-refractivity contribution in [3.63, 3.8) is 0 Å². The third-order valence-electron chi connectivity index (χ3n) is 6.18. The van der Waals surface area contributed by atoms with Gasteiger partial charge < -0.3 is 20.9 Å². The molecule has 4 rings (SSSR count). The largest absolute Gasteiger partial charge is 0.351 e. The van der Waals surface area contributed by atoms with Gasteiger partial charge in [-0.05, 0) is 75.2 Å². The smallest absolute Gasteiger partial charge is 0.256 e. The lowest BCUT2D eigenvalue weighted by molar-refractivity contribution is 0.0945. The topological polar surface area (TPSA) is 99.2 Å². The molecule has 0 radical (unpaired) electrons. The first-order chi connectivity index (χ1) is 17.0. The lowest BCUT2D eigenvalue weighted by atomic mass is 10.0. The molecule has 8 heteroatoms. The quantitative estimate of drug-likeness (QED) is 0.452. The van der Waals surface area contributed by atoms with E-state index in [4.69, 9.17) is 0 Å². The monoisotopic (exact) mass is 472 g/mol. The Kier molecular flexibility index (Phi) is 8.05. The highest BCUT2D eigenvalue weighted by atomic mass is 16.2. The molecule has 0 aliphatic carbocycles. The SMILES string of the molecule is Cc1cccc(C)c1C(=O)Nc1cnc(Nc2ccc(C(=O)NCCN3CCCCC3)cc2)nc1. The Labute approximate surface area is 206 Å². The van der Waals surface area contributed by atoms with Crippen LogP contribution in [0.2, 0.25) is 0 Å². The number of anilines is 3. The van der Waals surface area contributed by atoms with Gasteiger partial charge in [-0.15, -0.1) is 0 Å². The highest BCUT2D eigenvalue weighted by Crippen LogP contribution is 2.18. The van der Waals surface area contributed by atoms with Gasteiger partial charge in [-0.2, -0.15) is 0 Å². The van der Waals surface area contributed by atoms with Crippen molar-refractivity contribution >= 4 is 29.1 Å². The molecule has 3 N–H and O–H groups in total. The van der Waals surface area contributed by atoms with Gasteiger partial charge in [-0.1, -0.05) is 24.6 Å². The molecule has 0 spiro atoms. The number of piperidine rings is 1. The van der Waals surface area contributed by atoms with Gasteiger partial charge in [0.05, 0.1) is 18.1 Å². The standard InChI is InChI=1S/C27H32N6O2/c1-19-7-6-8-20(2)24(19)26(35)31-23-17-29-27(30-18-23)32-22-11-9-21(10-12-22)25(34)28-13-16-33-14-4-3-5-15-33/h6-12,17-18H,3-5,13-16H2,1-2H3,(H,28,34)(H,31,35)(H,29,30,32). The van der Waals surface area contributed by atoms with Crippen LogP contribution in [-0.4, -0.2) is 52.9 Å². The second kappa shape index (κ2) is 11.6. The van der Waals surface area contributed by atoms with Crippen LogP contribution >= 0.6 is 0 Å². The molecular formula is C27H32N6O2. The Morgan fingerprint density at radius 3 is 2.17 bits per heavy atom. The van der Waals surface area contributed by atoms with Gasteiger partial charge in [-0.3, -0.25) is 9.59 Å². The van der Waals surface area contributed by atoms with Crippen molar-refractivity contribution in [1.82, 2.24) is 20.2 Å². The maximum atomic E-state index is 12.6. The van der Waals surface area contributed by atoms with E-state index in [0.717, 1.165) is 36.4 Å². The van der Waals surface area contributed by atoms with Crippen molar-refractivity contribution in [3.05, 3.63) is 77.1 Å². The van der Waals surface area contributed by atoms with Crippen LogP contribution < -0.4 is 16.0 Å². The van der Waals surface area contributed by atoms with Gasteiger partial charge in [-0.25, -0.2) is 9.97 Å². The van der Waals surface area contributed by atoms with Crippen LogP contribution in [0.15, 0.2) is 54.9 Å². The van der Waals surface area contributed by atoms with E-state index < -0.39 is 0 Å². The van der Waals surface area contributed by atoms with Crippen molar-refractivity contribution in [2.45, 2.75) is 33.1 Å². The maximum Gasteiger partial charge on any atom is 0.256 e. The second-order valence-corrected chi connectivity index (χ2v) is 8.88. The van der Waals surface area contributed by atoms with Crippen molar-refractivity contribution in [3.8, 4) is 0 Å². The van der Waals surface area contributed by atoms with Crippen LogP contribution in [0, 0.1) is 13.8 Å². The fraction of sp³-hybridized carbons (Fsp3) is 0.333. The molecule has 0 unspecified atom stereocenters. The Hall–Kier alpha value is -3.78. The summed E-state index contributed by atoms with van der Waals surface area (Å²) in [5.74, 6) is 0.136. The van der Waals surface area contributed by atoms with Crippen molar-refractivity contribution in [2.24, 2.45) is 0 Å². The fourth-order valence-electron chi connectivity index (χ4n) is 4.27.